The number of benzene rings is 3. The molecule has 4 heteroatoms. The molecule has 0 bridgehead atoms. The molecule has 0 atom stereocenters. The minimum Gasteiger partial charge on any atom is -0.252 e. The zero-order chi connectivity index (χ0) is 19.3. The van der Waals surface area contributed by atoms with Crippen LogP contribution in [0.3, 0.4) is 0 Å². The molecule has 28 heavy (non-hydrogen) atoms. The number of aromatic nitrogens is 1. The first-order valence-corrected chi connectivity index (χ1v) is 10.1. The highest BCUT2D eigenvalue weighted by molar-refractivity contribution is 7.14. The molecule has 0 aliphatic rings. The number of hydrogen-bond acceptors (Lipinski definition) is 4. The molecule has 0 aliphatic heterocycles. The molecular formula is C24H21N3S. The first-order valence-electron chi connectivity index (χ1n) is 9.18. The number of rotatable bonds is 5. The SMILES string of the molecule is CC(=NNc1nc(-c2ccc(C)cc2)cs1)c1ccc(-c2ccccc2)cc1. The van der Waals surface area contributed by atoms with Gasteiger partial charge < -0.3 is 0 Å². The largest absolute Gasteiger partial charge is 0.252 e. The van der Waals surface area contributed by atoms with Crippen LogP contribution in [0.1, 0.15) is 18.1 Å². The van der Waals surface area contributed by atoms with Gasteiger partial charge in [0.15, 0.2) is 0 Å². The Bertz CT molecular complexity index is 1080. The van der Waals surface area contributed by atoms with Gasteiger partial charge in [-0.25, -0.2) is 4.98 Å². The van der Waals surface area contributed by atoms with Gasteiger partial charge in [-0.15, -0.1) is 11.3 Å². The smallest absolute Gasteiger partial charge is 0.203 e. The summed E-state index contributed by atoms with van der Waals surface area (Å²) in [6.07, 6.45) is 0. The number of nitrogens with one attached hydrogen (secondary N) is 1. The number of nitrogens with zero attached hydrogens (tertiary/aromatic N) is 2. The van der Waals surface area contributed by atoms with E-state index in [1.165, 1.54) is 16.7 Å². The van der Waals surface area contributed by atoms with Gasteiger partial charge in [-0.05, 0) is 30.5 Å². The van der Waals surface area contributed by atoms with Crippen LogP contribution in [-0.4, -0.2) is 10.7 Å². The lowest BCUT2D eigenvalue weighted by molar-refractivity contribution is 1.27. The van der Waals surface area contributed by atoms with Crippen LogP contribution in [0.15, 0.2) is 89.3 Å². The average Bonchev–Trinajstić information content (AvgIpc) is 3.22. The minimum atomic E-state index is 0.788. The molecule has 0 spiro atoms. The zero-order valence-corrected chi connectivity index (χ0v) is 16.7. The van der Waals surface area contributed by atoms with E-state index in [9.17, 15) is 0 Å². The van der Waals surface area contributed by atoms with Crippen molar-refractivity contribution in [1.29, 1.82) is 0 Å². The number of hydrogen-bond donors (Lipinski definition) is 1. The Morgan fingerprint density at radius 1 is 0.821 bits per heavy atom. The predicted octanol–water partition coefficient (Wildman–Crippen LogP) is 6.62. The summed E-state index contributed by atoms with van der Waals surface area (Å²) in [5.74, 6) is 0. The second-order valence-electron chi connectivity index (χ2n) is 6.66. The van der Waals surface area contributed by atoms with Crippen molar-refractivity contribution in [2.75, 3.05) is 5.43 Å². The lowest BCUT2D eigenvalue weighted by atomic mass is 10.0. The van der Waals surface area contributed by atoms with Gasteiger partial charge in [-0.1, -0.05) is 84.4 Å². The third-order valence-electron chi connectivity index (χ3n) is 4.58. The molecule has 0 radical (unpaired) electrons. The second kappa shape index (κ2) is 8.19. The van der Waals surface area contributed by atoms with E-state index in [0.29, 0.717) is 0 Å². The van der Waals surface area contributed by atoms with Gasteiger partial charge in [0, 0.05) is 10.9 Å². The van der Waals surface area contributed by atoms with Gasteiger partial charge in [-0.2, -0.15) is 5.10 Å². The monoisotopic (exact) mass is 383 g/mol. The summed E-state index contributed by atoms with van der Waals surface area (Å²) in [4.78, 5) is 4.63. The fraction of sp³-hybridized carbons (Fsp3) is 0.0833. The quantitative estimate of drug-likeness (QED) is 0.310. The molecule has 0 unspecified atom stereocenters. The predicted molar refractivity (Wildman–Crippen MR) is 120 cm³/mol. The number of aryl methyl sites for hydroxylation is 1. The summed E-state index contributed by atoms with van der Waals surface area (Å²) in [6, 6.07) is 27.2. The van der Waals surface area contributed by atoms with Crippen LogP contribution in [0.25, 0.3) is 22.4 Å². The maximum atomic E-state index is 4.63. The summed E-state index contributed by atoms with van der Waals surface area (Å²) in [5.41, 5.74) is 10.8. The van der Waals surface area contributed by atoms with Crippen LogP contribution in [0, 0.1) is 6.92 Å². The van der Waals surface area contributed by atoms with Crippen molar-refractivity contribution in [3.8, 4) is 22.4 Å². The van der Waals surface area contributed by atoms with Crippen molar-refractivity contribution in [1.82, 2.24) is 4.98 Å². The third-order valence-corrected chi connectivity index (χ3v) is 5.33. The second-order valence-corrected chi connectivity index (χ2v) is 7.51. The van der Waals surface area contributed by atoms with Gasteiger partial charge >= 0.3 is 0 Å². The van der Waals surface area contributed by atoms with Gasteiger partial charge in [0.2, 0.25) is 5.13 Å². The Labute approximate surface area is 169 Å². The molecule has 1 heterocycles. The maximum absolute atomic E-state index is 4.63. The van der Waals surface area contributed by atoms with Crippen molar-refractivity contribution in [2.45, 2.75) is 13.8 Å². The van der Waals surface area contributed by atoms with Crippen LogP contribution >= 0.6 is 11.3 Å². The summed E-state index contributed by atoms with van der Waals surface area (Å²) < 4.78 is 0. The van der Waals surface area contributed by atoms with E-state index in [4.69, 9.17) is 0 Å². The van der Waals surface area contributed by atoms with Crippen LogP contribution in [0.4, 0.5) is 5.13 Å². The van der Waals surface area contributed by atoms with E-state index in [1.54, 1.807) is 11.3 Å². The first kappa shape index (κ1) is 18.1. The van der Waals surface area contributed by atoms with Crippen molar-refractivity contribution in [3.63, 3.8) is 0 Å². The van der Waals surface area contributed by atoms with Gasteiger partial charge in [0.05, 0.1) is 11.4 Å². The number of anilines is 1. The average molecular weight is 384 g/mol. The molecule has 0 saturated heterocycles. The van der Waals surface area contributed by atoms with Crippen molar-refractivity contribution in [2.24, 2.45) is 5.10 Å². The Balaban J connectivity index is 1.45. The summed E-state index contributed by atoms with van der Waals surface area (Å²) in [7, 11) is 0. The Morgan fingerprint density at radius 2 is 1.46 bits per heavy atom. The Morgan fingerprint density at radius 3 is 2.18 bits per heavy atom. The molecule has 0 saturated carbocycles. The topological polar surface area (TPSA) is 37.3 Å². The zero-order valence-electron chi connectivity index (χ0n) is 15.9. The summed E-state index contributed by atoms with van der Waals surface area (Å²) >= 11 is 1.56. The molecule has 3 nitrogen and oxygen atoms in total. The van der Waals surface area contributed by atoms with Crippen molar-refractivity contribution >= 4 is 22.2 Å². The summed E-state index contributed by atoms with van der Waals surface area (Å²) in [6.45, 7) is 4.08. The minimum absolute atomic E-state index is 0.788. The van der Waals surface area contributed by atoms with E-state index in [2.05, 4.69) is 95.2 Å². The highest BCUT2D eigenvalue weighted by Gasteiger charge is 2.05. The molecule has 1 N–H and O–H groups in total. The van der Waals surface area contributed by atoms with E-state index in [0.717, 1.165) is 27.7 Å². The molecule has 4 aromatic rings. The normalized spacial score (nSPS) is 11.4. The lowest BCUT2D eigenvalue weighted by Gasteiger charge is -2.05. The van der Waals surface area contributed by atoms with E-state index < -0.39 is 0 Å². The maximum Gasteiger partial charge on any atom is 0.203 e. The number of thiazole rings is 1. The van der Waals surface area contributed by atoms with Gasteiger partial charge in [0.1, 0.15) is 0 Å². The van der Waals surface area contributed by atoms with Gasteiger partial charge in [0.25, 0.3) is 0 Å². The molecular weight excluding hydrogens is 362 g/mol. The van der Waals surface area contributed by atoms with Crippen molar-refractivity contribution < 1.29 is 0 Å². The fourth-order valence-corrected chi connectivity index (χ4v) is 3.57. The van der Waals surface area contributed by atoms with E-state index in [1.807, 2.05) is 18.4 Å². The Hall–Kier alpha value is -3.24. The first-order chi connectivity index (χ1) is 13.7. The van der Waals surface area contributed by atoms with E-state index >= 15 is 0 Å². The van der Waals surface area contributed by atoms with Crippen LogP contribution < -0.4 is 5.43 Å². The van der Waals surface area contributed by atoms with Crippen LogP contribution in [-0.2, 0) is 0 Å². The molecule has 1 aromatic heterocycles. The van der Waals surface area contributed by atoms with Crippen molar-refractivity contribution in [3.05, 3.63) is 95.4 Å². The third kappa shape index (κ3) is 4.18. The van der Waals surface area contributed by atoms with E-state index in [-0.39, 0.29) is 0 Å². The van der Waals surface area contributed by atoms with Crippen LogP contribution in [0.5, 0.6) is 0 Å². The lowest BCUT2D eigenvalue weighted by Crippen LogP contribution is -1.99. The molecule has 0 amide bonds. The molecule has 3 aromatic carbocycles. The molecule has 4 rings (SSSR count). The highest BCUT2D eigenvalue weighted by atomic mass is 32.1. The van der Waals surface area contributed by atoms with Crippen LogP contribution in [0.2, 0.25) is 0 Å². The highest BCUT2D eigenvalue weighted by Crippen LogP contribution is 2.25. The molecule has 0 fully saturated rings. The fourth-order valence-electron chi connectivity index (χ4n) is 2.91. The molecule has 0 aliphatic carbocycles. The standard InChI is InChI=1S/C24H21N3S/c1-17-8-10-22(11-9-17)23-16-28-24(25-23)27-26-18(2)19-12-14-21(15-13-19)20-6-4-3-5-7-20/h3-16H,1-2H3,(H,25,27). The van der Waals surface area contributed by atoms with Gasteiger partial charge in [-0.3, -0.25) is 5.43 Å². The molecule has 138 valence electrons. The Kier molecular flexibility index (Phi) is 5.31. The summed E-state index contributed by atoms with van der Waals surface area (Å²) in [5, 5.41) is 7.34. The number of hydrazone groups is 1.